The summed E-state index contributed by atoms with van der Waals surface area (Å²) in [5, 5.41) is 3.20. The molecular weight excluding hydrogens is 340 g/mol. The van der Waals surface area contributed by atoms with Crippen molar-refractivity contribution in [2.24, 2.45) is 0 Å². The maximum atomic E-state index is 13.4. The summed E-state index contributed by atoms with van der Waals surface area (Å²) >= 11 is 3.31. The number of halogens is 3. The van der Waals surface area contributed by atoms with E-state index in [-0.39, 0.29) is 11.6 Å². The fourth-order valence-electron chi connectivity index (χ4n) is 1.86. The molecule has 0 aliphatic carbocycles. The highest BCUT2D eigenvalue weighted by Crippen LogP contribution is 2.32. The Kier molecular flexibility index (Phi) is 5.70. The molecule has 0 heterocycles. The Morgan fingerprint density at radius 2 is 1.76 bits per heavy atom. The van der Waals surface area contributed by atoms with Crippen LogP contribution in [0.4, 0.5) is 8.78 Å². The molecule has 0 radical (unpaired) electrons. The zero-order valence-corrected chi connectivity index (χ0v) is 13.2. The van der Waals surface area contributed by atoms with Crippen LogP contribution in [-0.4, -0.2) is 6.54 Å². The van der Waals surface area contributed by atoms with Gasteiger partial charge in [-0.25, -0.2) is 8.78 Å². The second-order valence-electron chi connectivity index (χ2n) is 4.61. The molecule has 1 N–H and O–H groups in total. The van der Waals surface area contributed by atoms with Crippen LogP contribution in [0.3, 0.4) is 0 Å². The third-order valence-electron chi connectivity index (χ3n) is 2.88. The van der Waals surface area contributed by atoms with Crippen LogP contribution < -0.4 is 10.1 Å². The normalized spacial score (nSPS) is 10.7. The van der Waals surface area contributed by atoms with Gasteiger partial charge in [0.15, 0.2) is 0 Å². The minimum absolute atomic E-state index is 0.325. The molecule has 0 aromatic heterocycles. The third kappa shape index (κ3) is 4.51. The van der Waals surface area contributed by atoms with Crippen molar-refractivity contribution in [3.8, 4) is 11.5 Å². The van der Waals surface area contributed by atoms with E-state index in [1.54, 1.807) is 12.1 Å². The standard InChI is InChI=1S/C16H16BrF2NO/c1-2-7-20-10-11-8-12(18)4-6-15(11)21-16-9-13(19)3-5-14(16)17/h3-6,8-9,20H,2,7,10H2,1H3. The molecule has 2 rings (SSSR count). The van der Waals surface area contributed by atoms with E-state index in [0.29, 0.717) is 28.1 Å². The molecule has 0 bridgehead atoms. The van der Waals surface area contributed by atoms with Crippen molar-refractivity contribution in [1.29, 1.82) is 0 Å². The van der Waals surface area contributed by atoms with Gasteiger partial charge in [-0.3, -0.25) is 0 Å². The Morgan fingerprint density at radius 3 is 2.52 bits per heavy atom. The summed E-state index contributed by atoms with van der Waals surface area (Å²) in [6.07, 6.45) is 0.987. The largest absolute Gasteiger partial charge is 0.456 e. The monoisotopic (exact) mass is 355 g/mol. The first-order chi connectivity index (χ1) is 10.1. The van der Waals surface area contributed by atoms with Gasteiger partial charge in [0.25, 0.3) is 0 Å². The summed E-state index contributed by atoms with van der Waals surface area (Å²) < 4.78 is 33.0. The van der Waals surface area contributed by atoms with Crippen molar-refractivity contribution in [3.63, 3.8) is 0 Å². The molecule has 0 spiro atoms. The van der Waals surface area contributed by atoms with E-state index < -0.39 is 0 Å². The summed E-state index contributed by atoms with van der Waals surface area (Å²) in [6.45, 7) is 3.38. The molecule has 2 aromatic carbocycles. The van der Waals surface area contributed by atoms with Crippen LogP contribution in [-0.2, 0) is 6.54 Å². The SMILES string of the molecule is CCCNCc1cc(F)ccc1Oc1cc(F)ccc1Br. The molecule has 0 fully saturated rings. The van der Waals surface area contributed by atoms with Gasteiger partial charge in [0.1, 0.15) is 23.1 Å². The molecule has 0 amide bonds. The van der Waals surface area contributed by atoms with Crippen LogP contribution in [0, 0.1) is 11.6 Å². The maximum absolute atomic E-state index is 13.4. The molecule has 0 aliphatic rings. The van der Waals surface area contributed by atoms with Crippen molar-refractivity contribution in [3.05, 3.63) is 58.1 Å². The maximum Gasteiger partial charge on any atom is 0.144 e. The first kappa shape index (κ1) is 15.9. The lowest BCUT2D eigenvalue weighted by molar-refractivity contribution is 0.462. The molecule has 0 saturated carbocycles. The van der Waals surface area contributed by atoms with Crippen LogP contribution in [0.1, 0.15) is 18.9 Å². The molecule has 5 heteroatoms. The third-order valence-corrected chi connectivity index (χ3v) is 3.53. The molecule has 2 aromatic rings. The van der Waals surface area contributed by atoms with E-state index >= 15 is 0 Å². The molecule has 21 heavy (non-hydrogen) atoms. The van der Waals surface area contributed by atoms with Gasteiger partial charge in [0, 0.05) is 18.2 Å². The van der Waals surface area contributed by atoms with Crippen molar-refractivity contribution in [2.75, 3.05) is 6.54 Å². The smallest absolute Gasteiger partial charge is 0.144 e. The average Bonchev–Trinajstić information content (AvgIpc) is 2.46. The van der Waals surface area contributed by atoms with Gasteiger partial charge >= 0.3 is 0 Å². The second-order valence-corrected chi connectivity index (χ2v) is 5.46. The topological polar surface area (TPSA) is 21.3 Å². The summed E-state index contributed by atoms with van der Waals surface area (Å²) in [5.41, 5.74) is 0.694. The number of benzene rings is 2. The molecule has 112 valence electrons. The Bertz CT molecular complexity index is 619. The van der Waals surface area contributed by atoms with Crippen molar-refractivity contribution in [1.82, 2.24) is 5.32 Å². The predicted molar refractivity (Wildman–Crippen MR) is 82.6 cm³/mol. The highest BCUT2D eigenvalue weighted by molar-refractivity contribution is 9.10. The quantitative estimate of drug-likeness (QED) is 0.734. The fourth-order valence-corrected chi connectivity index (χ4v) is 2.19. The average molecular weight is 356 g/mol. The van der Waals surface area contributed by atoms with E-state index in [2.05, 4.69) is 28.2 Å². The molecule has 0 unspecified atom stereocenters. The summed E-state index contributed by atoms with van der Waals surface area (Å²) in [4.78, 5) is 0. The van der Waals surface area contributed by atoms with Gasteiger partial charge in [-0.05, 0) is 59.2 Å². The lowest BCUT2D eigenvalue weighted by Crippen LogP contribution is -2.14. The summed E-state index contributed by atoms with van der Waals surface area (Å²) in [6, 6.07) is 8.50. The Morgan fingerprint density at radius 1 is 1.05 bits per heavy atom. The lowest BCUT2D eigenvalue weighted by atomic mass is 10.2. The molecule has 2 nitrogen and oxygen atoms in total. The van der Waals surface area contributed by atoms with Crippen LogP contribution in [0.5, 0.6) is 11.5 Å². The number of nitrogens with one attached hydrogen (secondary N) is 1. The molecule has 0 atom stereocenters. The fraction of sp³-hybridized carbons (Fsp3) is 0.250. The van der Waals surface area contributed by atoms with Gasteiger partial charge in [-0.15, -0.1) is 0 Å². The lowest BCUT2D eigenvalue weighted by Gasteiger charge is -2.13. The molecule has 0 saturated heterocycles. The highest BCUT2D eigenvalue weighted by Gasteiger charge is 2.09. The van der Waals surface area contributed by atoms with Gasteiger partial charge in [-0.1, -0.05) is 6.92 Å². The number of ether oxygens (including phenoxy) is 1. The summed E-state index contributed by atoms with van der Waals surface area (Å²) in [7, 11) is 0. The van der Waals surface area contributed by atoms with E-state index in [0.717, 1.165) is 13.0 Å². The minimum atomic E-state index is -0.388. The van der Waals surface area contributed by atoms with Crippen LogP contribution in [0.15, 0.2) is 40.9 Å². The van der Waals surface area contributed by atoms with Gasteiger partial charge in [0.2, 0.25) is 0 Å². The van der Waals surface area contributed by atoms with Gasteiger partial charge < -0.3 is 10.1 Å². The minimum Gasteiger partial charge on any atom is -0.456 e. The number of rotatable bonds is 6. The Balaban J connectivity index is 2.24. The number of hydrogen-bond acceptors (Lipinski definition) is 2. The van der Waals surface area contributed by atoms with Crippen LogP contribution in [0.25, 0.3) is 0 Å². The molecule has 0 aliphatic heterocycles. The van der Waals surface area contributed by atoms with Crippen molar-refractivity contribution in [2.45, 2.75) is 19.9 Å². The zero-order chi connectivity index (χ0) is 15.2. The van der Waals surface area contributed by atoms with Gasteiger partial charge in [0.05, 0.1) is 4.47 Å². The highest BCUT2D eigenvalue weighted by atomic mass is 79.9. The Hall–Kier alpha value is -1.46. The predicted octanol–water partition coefficient (Wildman–Crippen LogP) is 5.02. The second kappa shape index (κ2) is 7.52. The van der Waals surface area contributed by atoms with Crippen molar-refractivity contribution < 1.29 is 13.5 Å². The van der Waals surface area contributed by atoms with E-state index in [4.69, 9.17) is 4.74 Å². The molecular formula is C16H16BrF2NO. The van der Waals surface area contributed by atoms with Crippen LogP contribution >= 0.6 is 15.9 Å². The Labute approximate surface area is 131 Å². The van der Waals surface area contributed by atoms with E-state index in [1.807, 2.05) is 0 Å². The van der Waals surface area contributed by atoms with Crippen molar-refractivity contribution >= 4 is 15.9 Å². The zero-order valence-electron chi connectivity index (χ0n) is 11.6. The first-order valence-corrected chi connectivity index (χ1v) is 7.51. The van der Waals surface area contributed by atoms with E-state index in [1.165, 1.54) is 24.3 Å². The van der Waals surface area contributed by atoms with Gasteiger partial charge in [-0.2, -0.15) is 0 Å². The number of hydrogen-bond donors (Lipinski definition) is 1. The van der Waals surface area contributed by atoms with E-state index in [9.17, 15) is 8.78 Å². The van der Waals surface area contributed by atoms with Crippen LogP contribution in [0.2, 0.25) is 0 Å². The summed E-state index contributed by atoms with van der Waals surface area (Å²) in [5.74, 6) is 0.152. The first-order valence-electron chi connectivity index (χ1n) is 6.72.